The second-order valence-electron chi connectivity index (χ2n) is 5.44. The molecule has 0 radical (unpaired) electrons. The highest BCUT2D eigenvalue weighted by molar-refractivity contribution is 14.1. The lowest BCUT2D eigenvalue weighted by atomic mass is 9.82. The van der Waals surface area contributed by atoms with E-state index in [1.807, 2.05) is 12.4 Å². The summed E-state index contributed by atoms with van der Waals surface area (Å²) in [7, 11) is 2.28. The number of aromatic nitrogens is 2. The first kappa shape index (κ1) is 12.6. The molecule has 1 aromatic rings. The van der Waals surface area contributed by atoms with Crippen LogP contribution in [0.1, 0.15) is 32.1 Å². The molecule has 1 N–H and O–H groups in total. The SMILES string of the molecule is CN1C2CCCC1CC(Nc1ncc(I)cn1)C2. The molecule has 2 aliphatic rings. The highest BCUT2D eigenvalue weighted by Crippen LogP contribution is 2.33. The number of rotatable bonds is 2. The van der Waals surface area contributed by atoms with Crippen LogP contribution in [0.4, 0.5) is 5.95 Å². The molecule has 5 heteroatoms. The highest BCUT2D eigenvalue weighted by atomic mass is 127. The van der Waals surface area contributed by atoms with Crippen LogP contribution in [0.15, 0.2) is 12.4 Å². The molecular weight excluding hydrogens is 339 g/mol. The molecule has 1 aromatic heterocycles. The molecule has 4 nitrogen and oxygen atoms in total. The Bertz CT molecular complexity index is 394. The van der Waals surface area contributed by atoms with Gasteiger partial charge in [-0.3, -0.25) is 0 Å². The molecule has 2 unspecified atom stereocenters. The van der Waals surface area contributed by atoms with Crippen molar-refractivity contribution >= 4 is 28.5 Å². The minimum absolute atomic E-state index is 0.538. The Labute approximate surface area is 122 Å². The van der Waals surface area contributed by atoms with E-state index in [0.29, 0.717) is 6.04 Å². The third-order valence-corrected chi connectivity index (χ3v) is 4.85. The topological polar surface area (TPSA) is 41.0 Å². The van der Waals surface area contributed by atoms with E-state index in [9.17, 15) is 0 Å². The molecule has 3 heterocycles. The number of nitrogens with one attached hydrogen (secondary N) is 1. The summed E-state index contributed by atoms with van der Waals surface area (Å²) < 4.78 is 1.08. The Balaban J connectivity index is 1.66. The van der Waals surface area contributed by atoms with Crippen molar-refractivity contribution < 1.29 is 0 Å². The fraction of sp³-hybridized carbons (Fsp3) is 0.692. The maximum absolute atomic E-state index is 4.34. The van der Waals surface area contributed by atoms with E-state index < -0.39 is 0 Å². The Hall–Kier alpha value is -0.430. The Morgan fingerprint density at radius 2 is 1.83 bits per heavy atom. The van der Waals surface area contributed by atoms with Gasteiger partial charge >= 0.3 is 0 Å². The van der Waals surface area contributed by atoms with Crippen molar-refractivity contribution in [2.24, 2.45) is 0 Å². The number of hydrogen-bond acceptors (Lipinski definition) is 4. The zero-order valence-corrected chi connectivity index (χ0v) is 12.8. The second kappa shape index (κ2) is 5.28. The molecule has 0 aliphatic carbocycles. The number of anilines is 1. The highest BCUT2D eigenvalue weighted by Gasteiger charge is 2.35. The van der Waals surface area contributed by atoms with Gasteiger partial charge in [0.15, 0.2) is 0 Å². The number of fused-ring (bicyclic) bond motifs is 2. The van der Waals surface area contributed by atoms with Gasteiger partial charge < -0.3 is 10.2 Å². The summed E-state index contributed by atoms with van der Waals surface area (Å²) in [5.74, 6) is 0.781. The van der Waals surface area contributed by atoms with Crippen molar-refractivity contribution in [3.63, 3.8) is 0 Å². The van der Waals surface area contributed by atoms with Crippen molar-refractivity contribution in [3.8, 4) is 0 Å². The number of halogens is 1. The van der Waals surface area contributed by atoms with Crippen LogP contribution in [0.3, 0.4) is 0 Å². The minimum atomic E-state index is 0.538. The van der Waals surface area contributed by atoms with Crippen LogP contribution in [-0.2, 0) is 0 Å². The van der Waals surface area contributed by atoms with Gasteiger partial charge in [0.1, 0.15) is 0 Å². The van der Waals surface area contributed by atoms with E-state index >= 15 is 0 Å². The molecular formula is C13H19IN4. The summed E-state index contributed by atoms with van der Waals surface area (Å²) in [5.41, 5.74) is 0. The maximum atomic E-state index is 4.34. The van der Waals surface area contributed by atoms with Crippen molar-refractivity contribution in [1.29, 1.82) is 0 Å². The van der Waals surface area contributed by atoms with Crippen LogP contribution in [0.2, 0.25) is 0 Å². The standard InChI is InChI=1S/C13H19IN4/c1-18-11-3-2-4-12(18)6-10(5-11)17-13-15-7-9(14)8-16-13/h7-8,10-12H,2-6H2,1H3,(H,15,16,17). The summed E-state index contributed by atoms with van der Waals surface area (Å²) in [6, 6.07) is 2.04. The molecule has 0 aromatic carbocycles. The maximum Gasteiger partial charge on any atom is 0.222 e. The van der Waals surface area contributed by atoms with Crippen LogP contribution in [-0.4, -0.2) is 40.0 Å². The summed E-state index contributed by atoms with van der Waals surface area (Å²) in [6.07, 6.45) is 10.3. The van der Waals surface area contributed by atoms with Gasteiger partial charge in [0, 0.05) is 34.1 Å². The zero-order chi connectivity index (χ0) is 12.5. The number of hydrogen-bond donors (Lipinski definition) is 1. The van der Waals surface area contributed by atoms with Crippen molar-refractivity contribution in [3.05, 3.63) is 16.0 Å². The minimum Gasteiger partial charge on any atom is -0.351 e. The molecule has 2 atom stereocenters. The Morgan fingerprint density at radius 1 is 1.22 bits per heavy atom. The molecule has 0 spiro atoms. The molecule has 2 aliphatic heterocycles. The van der Waals surface area contributed by atoms with Crippen molar-refractivity contribution in [2.75, 3.05) is 12.4 Å². The van der Waals surface area contributed by atoms with Crippen LogP contribution >= 0.6 is 22.6 Å². The average Bonchev–Trinajstić information content (AvgIpc) is 2.33. The Morgan fingerprint density at radius 3 is 2.44 bits per heavy atom. The van der Waals surface area contributed by atoms with Crippen LogP contribution in [0, 0.1) is 3.57 Å². The number of nitrogens with zero attached hydrogens (tertiary/aromatic N) is 3. The first-order valence-corrected chi connectivity index (χ1v) is 7.76. The van der Waals surface area contributed by atoms with Gasteiger partial charge in [-0.1, -0.05) is 6.42 Å². The smallest absolute Gasteiger partial charge is 0.222 e. The molecule has 0 saturated carbocycles. The van der Waals surface area contributed by atoms with Crippen LogP contribution in [0.25, 0.3) is 0 Å². The quantitative estimate of drug-likeness (QED) is 0.825. The van der Waals surface area contributed by atoms with Gasteiger partial charge in [0.25, 0.3) is 0 Å². The third kappa shape index (κ3) is 2.61. The molecule has 0 amide bonds. The van der Waals surface area contributed by atoms with E-state index in [4.69, 9.17) is 0 Å². The zero-order valence-electron chi connectivity index (χ0n) is 10.6. The van der Waals surface area contributed by atoms with E-state index in [-0.39, 0.29) is 0 Å². The molecule has 98 valence electrons. The molecule has 2 bridgehead atoms. The summed E-state index contributed by atoms with van der Waals surface area (Å²) in [4.78, 5) is 11.3. The summed E-state index contributed by atoms with van der Waals surface area (Å²) >= 11 is 2.23. The molecule has 2 saturated heterocycles. The normalized spacial score (nSPS) is 32.2. The molecule has 3 rings (SSSR count). The second-order valence-corrected chi connectivity index (χ2v) is 6.69. The van der Waals surface area contributed by atoms with Gasteiger partial charge in [-0.05, 0) is 55.3 Å². The van der Waals surface area contributed by atoms with E-state index in [2.05, 4.69) is 49.8 Å². The summed E-state index contributed by atoms with van der Waals surface area (Å²) in [6.45, 7) is 0. The molecule has 18 heavy (non-hydrogen) atoms. The van der Waals surface area contributed by atoms with Gasteiger partial charge in [0.2, 0.25) is 5.95 Å². The first-order chi connectivity index (χ1) is 8.72. The third-order valence-electron chi connectivity index (χ3n) is 4.29. The van der Waals surface area contributed by atoms with Crippen molar-refractivity contribution in [2.45, 2.75) is 50.2 Å². The largest absolute Gasteiger partial charge is 0.351 e. The van der Waals surface area contributed by atoms with Crippen LogP contribution < -0.4 is 5.32 Å². The number of piperidine rings is 2. The van der Waals surface area contributed by atoms with Gasteiger partial charge in [-0.2, -0.15) is 0 Å². The van der Waals surface area contributed by atoms with E-state index in [1.54, 1.807) is 0 Å². The lowest BCUT2D eigenvalue weighted by molar-refractivity contribution is 0.0607. The van der Waals surface area contributed by atoms with Crippen LogP contribution in [0.5, 0.6) is 0 Å². The first-order valence-electron chi connectivity index (χ1n) is 6.68. The average molecular weight is 358 g/mol. The predicted octanol–water partition coefficient (Wildman–Crippen LogP) is 2.51. The lowest BCUT2D eigenvalue weighted by Crippen LogP contribution is -2.52. The van der Waals surface area contributed by atoms with Crippen molar-refractivity contribution in [1.82, 2.24) is 14.9 Å². The lowest BCUT2D eigenvalue weighted by Gasteiger charge is -2.47. The van der Waals surface area contributed by atoms with Gasteiger partial charge in [-0.15, -0.1) is 0 Å². The predicted molar refractivity (Wildman–Crippen MR) is 80.6 cm³/mol. The fourth-order valence-electron chi connectivity index (χ4n) is 3.30. The van der Waals surface area contributed by atoms with Gasteiger partial charge in [0.05, 0.1) is 0 Å². The molecule has 2 fully saturated rings. The van der Waals surface area contributed by atoms with Gasteiger partial charge in [-0.25, -0.2) is 9.97 Å². The fourth-order valence-corrected chi connectivity index (χ4v) is 3.58. The summed E-state index contributed by atoms with van der Waals surface area (Å²) in [5, 5.41) is 3.50. The van der Waals surface area contributed by atoms with E-state index in [1.165, 1.54) is 32.1 Å². The van der Waals surface area contributed by atoms with E-state index in [0.717, 1.165) is 21.6 Å². The monoisotopic (exact) mass is 358 g/mol. The Kier molecular flexibility index (Phi) is 3.70.